The van der Waals surface area contributed by atoms with Gasteiger partial charge in [0.15, 0.2) is 18.5 Å². The van der Waals surface area contributed by atoms with Crippen molar-refractivity contribution in [1.29, 1.82) is 0 Å². The van der Waals surface area contributed by atoms with Crippen LogP contribution in [0.15, 0.2) is 22.6 Å². The molecule has 24 heavy (non-hydrogen) atoms. The number of hydrogen-bond acceptors (Lipinski definition) is 10. The maximum Gasteiger partial charge on any atom is 0.195 e. The molecular formula is C12H16ClN5O6. The number of halogens is 1. The second kappa shape index (κ2) is 9.85. The third kappa shape index (κ3) is 6.14. The zero-order valence-corrected chi connectivity index (χ0v) is 12.9. The zero-order valence-electron chi connectivity index (χ0n) is 12.2. The Balaban J connectivity index is 2.47. The van der Waals surface area contributed by atoms with Crippen molar-refractivity contribution in [3.05, 3.63) is 23.2 Å². The number of rotatable bonds is 9. The fourth-order valence-corrected chi connectivity index (χ4v) is 1.53. The van der Waals surface area contributed by atoms with Crippen molar-refractivity contribution in [2.45, 2.75) is 24.4 Å². The Morgan fingerprint density at radius 1 is 1.33 bits per heavy atom. The average Bonchev–Trinajstić information content (AvgIpc) is 2.58. The van der Waals surface area contributed by atoms with Crippen molar-refractivity contribution in [2.75, 3.05) is 6.61 Å². The summed E-state index contributed by atoms with van der Waals surface area (Å²) in [6.45, 7) is -0.486. The standard InChI is InChI=1S/C12H16ClN5O6/c13-9-2-15-1-6(17-9)12(14)18-16-5-24-4-8(21)11(23)10(22)7(20)3-19/h1-3,5,7-8,10-11,20-23H,4H2,(H2,14,18)/b16-5+/t7-,8+,10+,11+/m0/s1. The Labute approximate surface area is 141 Å². The molecule has 0 saturated heterocycles. The van der Waals surface area contributed by atoms with Crippen LogP contribution in [0.3, 0.4) is 0 Å². The van der Waals surface area contributed by atoms with Crippen LogP contribution < -0.4 is 5.73 Å². The molecule has 6 N–H and O–H groups in total. The lowest BCUT2D eigenvalue weighted by Gasteiger charge is -2.23. The lowest BCUT2D eigenvalue weighted by Crippen LogP contribution is -2.46. The third-order valence-electron chi connectivity index (χ3n) is 2.66. The largest absolute Gasteiger partial charge is 0.479 e. The van der Waals surface area contributed by atoms with Crippen molar-refractivity contribution >= 4 is 30.1 Å². The molecule has 0 amide bonds. The van der Waals surface area contributed by atoms with E-state index in [1.807, 2.05) is 0 Å². The van der Waals surface area contributed by atoms with E-state index in [4.69, 9.17) is 27.2 Å². The summed E-state index contributed by atoms with van der Waals surface area (Å²) in [5.74, 6) is -0.0880. The number of aliphatic hydroxyl groups excluding tert-OH is 4. The molecule has 0 aliphatic heterocycles. The lowest BCUT2D eigenvalue weighted by molar-refractivity contribution is -0.135. The van der Waals surface area contributed by atoms with E-state index in [0.29, 0.717) is 0 Å². The Morgan fingerprint density at radius 3 is 2.67 bits per heavy atom. The van der Waals surface area contributed by atoms with Crippen molar-refractivity contribution in [2.24, 2.45) is 15.9 Å². The molecule has 12 heteroatoms. The highest BCUT2D eigenvalue weighted by atomic mass is 35.5. The number of hydrogen-bond donors (Lipinski definition) is 5. The van der Waals surface area contributed by atoms with Crippen LogP contribution in [0.4, 0.5) is 0 Å². The first-order valence-corrected chi connectivity index (χ1v) is 6.86. The minimum Gasteiger partial charge on any atom is -0.479 e. The van der Waals surface area contributed by atoms with Crippen LogP contribution in [0, 0.1) is 0 Å². The second-order valence-electron chi connectivity index (χ2n) is 4.44. The number of aromatic nitrogens is 2. The fourth-order valence-electron chi connectivity index (χ4n) is 1.39. The molecule has 0 fully saturated rings. The molecular weight excluding hydrogens is 346 g/mol. The molecule has 0 radical (unpaired) electrons. The van der Waals surface area contributed by atoms with E-state index < -0.39 is 31.0 Å². The number of aliphatic hydroxyl groups is 4. The fraction of sp³-hybridized carbons (Fsp3) is 0.417. The summed E-state index contributed by atoms with van der Waals surface area (Å²) in [4.78, 5) is 17.9. The van der Waals surface area contributed by atoms with E-state index in [9.17, 15) is 20.1 Å². The number of carbonyl (C=O) groups is 1. The van der Waals surface area contributed by atoms with Crippen LogP contribution in [0.2, 0.25) is 5.15 Å². The van der Waals surface area contributed by atoms with Crippen LogP contribution in [0.25, 0.3) is 0 Å². The van der Waals surface area contributed by atoms with Gasteiger partial charge in [0.05, 0.1) is 12.4 Å². The van der Waals surface area contributed by atoms with E-state index in [-0.39, 0.29) is 23.0 Å². The summed E-state index contributed by atoms with van der Waals surface area (Å²) in [5, 5.41) is 44.5. The van der Waals surface area contributed by atoms with Gasteiger partial charge in [-0.25, -0.2) is 4.98 Å². The number of amidine groups is 1. The number of aldehydes is 1. The normalized spacial score (nSPS) is 17.3. The zero-order chi connectivity index (χ0) is 18.1. The molecule has 0 aliphatic carbocycles. The van der Waals surface area contributed by atoms with E-state index >= 15 is 0 Å². The van der Waals surface area contributed by atoms with Crippen LogP contribution in [0.1, 0.15) is 5.69 Å². The van der Waals surface area contributed by atoms with Gasteiger partial charge in [0.2, 0.25) is 0 Å². The summed E-state index contributed by atoms with van der Waals surface area (Å²) < 4.78 is 4.78. The van der Waals surface area contributed by atoms with Gasteiger partial charge >= 0.3 is 0 Å². The number of ether oxygens (including phenoxy) is 1. The summed E-state index contributed by atoms with van der Waals surface area (Å²) >= 11 is 5.64. The number of nitrogens with two attached hydrogens (primary N) is 1. The average molecular weight is 362 g/mol. The van der Waals surface area contributed by atoms with E-state index in [0.717, 1.165) is 6.40 Å². The lowest BCUT2D eigenvalue weighted by atomic mass is 10.0. The molecule has 132 valence electrons. The minimum absolute atomic E-state index is 0.0269. The Morgan fingerprint density at radius 2 is 2.04 bits per heavy atom. The first kappa shape index (κ1) is 19.9. The van der Waals surface area contributed by atoms with Gasteiger partial charge in [-0.3, -0.25) is 4.98 Å². The van der Waals surface area contributed by atoms with E-state index in [1.54, 1.807) is 0 Å². The Kier molecular flexibility index (Phi) is 8.15. The summed E-state index contributed by atoms with van der Waals surface area (Å²) in [6.07, 6.45) is -3.58. The first-order valence-electron chi connectivity index (χ1n) is 6.48. The van der Waals surface area contributed by atoms with Crippen LogP contribution in [-0.2, 0) is 9.53 Å². The van der Waals surface area contributed by atoms with Gasteiger partial charge in [-0.15, -0.1) is 10.2 Å². The molecule has 1 heterocycles. The molecule has 1 rings (SSSR count). The molecule has 0 spiro atoms. The SMILES string of the molecule is N/C(=N\N=C\OC[C@@H](O)[C@@H](O)[C@H](O)[C@@H](O)C=O)c1cncc(Cl)n1. The number of nitrogens with zero attached hydrogens (tertiary/aromatic N) is 4. The van der Waals surface area contributed by atoms with E-state index in [2.05, 4.69) is 20.2 Å². The molecule has 4 atom stereocenters. The highest BCUT2D eigenvalue weighted by Crippen LogP contribution is 2.04. The monoisotopic (exact) mass is 361 g/mol. The molecule has 0 aromatic carbocycles. The van der Waals surface area contributed by atoms with E-state index in [1.165, 1.54) is 12.4 Å². The predicted molar refractivity (Wildman–Crippen MR) is 82.3 cm³/mol. The van der Waals surface area contributed by atoms with Gasteiger partial charge < -0.3 is 35.7 Å². The maximum absolute atomic E-state index is 10.3. The van der Waals surface area contributed by atoms with Gasteiger partial charge in [-0.05, 0) is 0 Å². The van der Waals surface area contributed by atoms with Gasteiger partial charge in [-0.1, -0.05) is 11.6 Å². The Hall–Kier alpha value is -2.18. The summed E-state index contributed by atoms with van der Waals surface area (Å²) in [6, 6.07) is 0. The van der Waals surface area contributed by atoms with Gasteiger partial charge in [-0.2, -0.15) is 0 Å². The smallest absolute Gasteiger partial charge is 0.195 e. The quantitative estimate of drug-likeness (QED) is 0.136. The highest BCUT2D eigenvalue weighted by molar-refractivity contribution is 6.29. The van der Waals surface area contributed by atoms with Gasteiger partial charge in [0, 0.05) is 0 Å². The third-order valence-corrected chi connectivity index (χ3v) is 2.84. The van der Waals surface area contributed by atoms with Crippen molar-refractivity contribution in [3.63, 3.8) is 0 Å². The van der Waals surface area contributed by atoms with Crippen LogP contribution in [0.5, 0.6) is 0 Å². The molecule has 0 bridgehead atoms. The molecule has 11 nitrogen and oxygen atoms in total. The van der Waals surface area contributed by atoms with Gasteiger partial charge in [0.1, 0.15) is 41.9 Å². The highest BCUT2D eigenvalue weighted by Gasteiger charge is 2.30. The summed E-state index contributed by atoms with van der Waals surface area (Å²) in [5.41, 5.74) is 5.77. The van der Waals surface area contributed by atoms with Crippen LogP contribution >= 0.6 is 11.6 Å². The molecule has 0 unspecified atom stereocenters. The predicted octanol–water partition coefficient (Wildman–Crippen LogP) is -2.56. The molecule has 1 aromatic rings. The maximum atomic E-state index is 10.3. The van der Waals surface area contributed by atoms with Crippen molar-refractivity contribution < 1.29 is 30.0 Å². The van der Waals surface area contributed by atoms with Crippen molar-refractivity contribution in [3.8, 4) is 0 Å². The summed E-state index contributed by atoms with van der Waals surface area (Å²) in [7, 11) is 0. The van der Waals surface area contributed by atoms with Crippen molar-refractivity contribution in [1.82, 2.24) is 9.97 Å². The van der Waals surface area contributed by atoms with Gasteiger partial charge in [0.25, 0.3) is 0 Å². The first-order chi connectivity index (χ1) is 11.4. The number of carbonyl (C=O) groups excluding carboxylic acids is 1. The molecule has 0 aliphatic rings. The topological polar surface area (TPSA) is 184 Å². The second-order valence-corrected chi connectivity index (χ2v) is 4.83. The molecule has 0 saturated carbocycles. The molecule has 1 aromatic heterocycles. The van der Waals surface area contributed by atoms with Crippen LogP contribution in [-0.4, -0.2) is 79.9 Å². The minimum atomic E-state index is -1.85. The Bertz CT molecular complexity index is 601.